The standard InChI is InChI=1S/C20H16ClN5O2S/c21-17-5-12(14-7-22-11-23-8-14)3-13-4-16(28-19(13)17)9-24-18(27)6-15-10-26-1-2-29-20(26)25-15/h1-3,5,7-8,10-11,16H,4,6,9H2,(H,24,27). The van der Waals surface area contributed by atoms with Crippen molar-refractivity contribution >= 4 is 33.8 Å². The van der Waals surface area contributed by atoms with E-state index in [9.17, 15) is 4.79 Å². The van der Waals surface area contributed by atoms with Crippen LogP contribution >= 0.6 is 22.9 Å². The van der Waals surface area contributed by atoms with E-state index >= 15 is 0 Å². The minimum atomic E-state index is -0.154. The molecule has 3 aromatic heterocycles. The number of thiazole rings is 1. The second-order valence-corrected chi connectivity index (χ2v) is 8.10. The van der Waals surface area contributed by atoms with E-state index < -0.39 is 0 Å². The summed E-state index contributed by atoms with van der Waals surface area (Å²) in [5.41, 5.74) is 3.61. The second kappa shape index (κ2) is 7.46. The van der Waals surface area contributed by atoms with Crippen LogP contribution in [0.25, 0.3) is 16.1 Å². The van der Waals surface area contributed by atoms with Crippen LogP contribution in [0, 0.1) is 0 Å². The zero-order chi connectivity index (χ0) is 19.8. The molecule has 0 aliphatic carbocycles. The first-order valence-corrected chi connectivity index (χ1v) is 10.3. The van der Waals surface area contributed by atoms with Crippen LogP contribution in [0.1, 0.15) is 11.3 Å². The molecule has 4 aromatic rings. The van der Waals surface area contributed by atoms with Gasteiger partial charge >= 0.3 is 0 Å². The van der Waals surface area contributed by atoms with Crippen LogP contribution in [0.3, 0.4) is 0 Å². The van der Waals surface area contributed by atoms with Crippen LogP contribution in [-0.2, 0) is 17.6 Å². The van der Waals surface area contributed by atoms with Gasteiger partial charge in [0, 0.05) is 47.7 Å². The van der Waals surface area contributed by atoms with Crippen molar-refractivity contribution in [1.82, 2.24) is 24.7 Å². The van der Waals surface area contributed by atoms with E-state index in [0.29, 0.717) is 23.7 Å². The molecule has 0 spiro atoms. The van der Waals surface area contributed by atoms with Crippen LogP contribution in [0.5, 0.6) is 5.75 Å². The second-order valence-electron chi connectivity index (χ2n) is 6.82. The Hall–Kier alpha value is -2.97. The van der Waals surface area contributed by atoms with Crippen molar-refractivity contribution in [3.63, 3.8) is 0 Å². The highest BCUT2D eigenvalue weighted by Crippen LogP contribution is 2.39. The van der Waals surface area contributed by atoms with Gasteiger partial charge in [-0.25, -0.2) is 15.0 Å². The number of benzene rings is 1. The number of aromatic nitrogens is 4. The number of nitrogens with zero attached hydrogens (tertiary/aromatic N) is 4. The van der Waals surface area contributed by atoms with Gasteiger partial charge in [-0.2, -0.15) is 0 Å². The quantitative estimate of drug-likeness (QED) is 0.531. The molecular weight excluding hydrogens is 410 g/mol. The molecule has 0 saturated heterocycles. The number of amides is 1. The lowest BCUT2D eigenvalue weighted by Crippen LogP contribution is -2.35. The van der Waals surface area contributed by atoms with Gasteiger partial charge in [0.1, 0.15) is 18.2 Å². The number of ether oxygens (including phenoxy) is 1. The fourth-order valence-electron chi connectivity index (χ4n) is 3.43. The normalized spacial score (nSPS) is 15.3. The van der Waals surface area contributed by atoms with Crippen molar-refractivity contribution in [3.8, 4) is 16.9 Å². The summed E-state index contributed by atoms with van der Waals surface area (Å²) in [4.78, 5) is 25.7. The van der Waals surface area contributed by atoms with E-state index in [4.69, 9.17) is 16.3 Å². The fourth-order valence-corrected chi connectivity index (χ4v) is 4.43. The van der Waals surface area contributed by atoms with Gasteiger partial charge in [-0.05, 0) is 17.7 Å². The Morgan fingerprint density at radius 2 is 2.17 bits per heavy atom. The number of rotatable bonds is 5. The number of nitrogens with one attached hydrogen (secondary N) is 1. The largest absolute Gasteiger partial charge is 0.486 e. The maximum absolute atomic E-state index is 12.3. The maximum atomic E-state index is 12.3. The molecule has 9 heteroatoms. The first-order chi connectivity index (χ1) is 14.2. The molecule has 1 aliphatic heterocycles. The maximum Gasteiger partial charge on any atom is 0.226 e. The summed E-state index contributed by atoms with van der Waals surface area (Å²) in [7, 11) is 0. The highest BCUT2D eigenvalue weighted by molar-refractivity contribution is 7.15. The minimum absolute atomic E-state index is 0.0801. The van der Waals surface area contributed by atoms with Crippen LogP contribution in [0.4, 0.5) is 0 Å². The van der Waals surface area contributed by atoms with E-state index in [1.807, 2.05) is 34.3 Å². The number of hydrogen-bond donors (Lipinski definition) is 1. The number of carbonyl (C=O) groups is 1. The van der Waals surface area contributed by atoms with E-state index in [2.05, 4.69) is 20.3 Å². The lowest BCUT2D eigenvalue weighted by atomic mass is 10.0. The van der Waals surface area contributed by atoms with Crippen molar-refractivity contribution in [2.75, 3.05) is 6.54 Å². The molecule has 29 heavy (non-hydrogen) atoms. The lowest BCUT2D eigenvalue weighted by Gasteiger charge is -2.12. The van der Waals surface area contributed by atoms with E-state index in [0.717, 1.165) is 27.3 Å². The number of hydrogen-bond acceptors (Lipinski definition) is 6. The lowest BCUT2D eigenvalue weighted by molar-refractivity contribution is -0.120. The van der Waals surface area contributed by atoms with Gasteiger partial charge in [-0.1, -0.05) is 11.6 Å². The van der Waals surface area contributed by atoms with Gasteiger partial charge in [-0.3, -0.25) is 9.20 Å². The summed E-state index contributed by atoms with van der Waals surface area (Å²) in [6, 6.07) is 3.89. The van der Waals surface area contributed by atoms with Crippen molar-refractivity contribution in [2.45, 2.75) is 18.9 Å². The summed E-state index contributed by atoms with van der Waals surface area (Å²) in [5, 5.41) is 5.45. The van der Waals surface area contributed by atoms with E-state index in [1.54, 1.807) is 23.7 Å². The Kier molecular flexibility index (Phi) is 4.65. The van der Waals surface area contributed by atoms with Crippen LogP contribution in [0.15, 0.2) is 48.6 Å². The predicted octanol–water partition coefficient (Wildman–Crippen LogP) is 3.17. The Morgan fingerprint density at radius 1 is 1.31 bits per heavy atom. The Morgan fingerprint density at radius 3 is 3.00 bits per heavy atom. The molecule has 146 valence electrons. The van der Waals surface area contributed by atoms with Gasteiger partial charge in [0.15, 0.2) is 4.96 Å². The number of imidazole rings is 1. The van der Waals surface area contributed by atoms with Crippen molar-refractivity contribution in [3.05, 3.63) is 64.9 Å². The summed E-state index contributed by atoms with van der Waals surface area (Å²) >= 11 is 7.97. The molecule has 0 saturated carbocycles. The summed E-state index contributed by atoms with van der Waals surface area (Å²) in [5.74, 6) is 0.601. The summed E-state index contributed by atoms with van der Waals surface area (Å²) < 4.78 is 7.89. The van der Waals surface area contributed by atoms with Crippen molar-refractivity contribution in [1.29, 1.82) is 0 Å². The average Bonchev–Trinajstić information content (AvgIpc) is 3.41. The van der Waals surface area contributed by atoms with Gasteiger partial charge in [0.2, 0.25) is 5.91 Å². The highest BCUT2D eigenvalue weighted by atomic mass is 35.5. The zero-order valence-corrected chi connectivity index (χ0v) is 16.8. The summed E-state index contributed by atoms with van der Waals surface area (Å²) in [6.07, 6.45) is 9.56. The third-order valence-corrected chi connectivity index (χ3v) is 5.81. The van der Waals surface area contributed by atoms with Gasteiger partial charge in [0.05, 0.1) is 23.7 Å². The zero-order valence-electron chi connectivity index (χ0n) is 15.2. The number of carbonyl (C=O) groups excluding carboxylic acids is 1. The molecule has 0 fully saturated rings. The predicted molar refractivity (Wildman–Crippen MR) is 110 cm³/mol. The smallest absolute Gasteiger partial charge is 0.226 e. The SMILES string of the molecule is O=C(Cc1cn2ccsc2n1)NCC1Cc2cc(-c3cncnc3)cc(Cl)c2O1. The van der Waals surface area contributed by atoms with Gasteiger partial charge in [-0.15, -0.1) is 11.3 Å². The average molecular weight is 426 g/mol. The molecule has 4 heterocycles. The molecule has 1 atom stereocenters. The molecule has 5 rings (SSSR count). The molecule has 1 aliphatic rings. The first kappa shape index (κ1) is 18.1. The van der Waals surface area contributed by atoms with Crippen LogP contribution in [-0.4, -0.2) is 37.9 Å². The number of halogens is 1. The van der Waals surface area contributed by atoms with E-state index in [1.165, 1.54) is 6.33 Å². The van der Waals surface area contributed by atoms with Crippen molar-refractivity contribution in [2.24, 2.45) is 0 Å². The molecule has 0 bridgehead atoms. The molecular formula is C20H16ClN5O2S. The minimum Gasteiger partial charge on any atom is -0.486 e. The molecule has 1 N–H and O–H groups in total. The monoisotopic (exact) mass is 425 g/mol. The molecule has 7 nitrogen and oxygen atoms in total. The van der Waals surface area contributed by atoms with E-state index in [-0.39, 0.29) is 18.4 Å². The molecule has 1 aromatic carbocycles. The third kappa shape index (κ3) is 3.68. The van der Waals surface area contributed by atoms with Crippen molar-refractivity contribution < 1.29 is 9.53 Å². The van der Waals surface area contributed by atoms with Crippen LogP contribution in [0.2, 0.25) is 5.02 Å². The molecule has 1 unspecified atom stereocenters. The Bertz CT molecular complexity index is 1160. The number of fused-ring (bicyclic) bond motifs is 2. The first-order valence-electron chi connectivity index (χ1n) is 9.08. The third-order valence-electron chi connectivity index (χ3n) is 4.76. The summed E-state index contributed by atoms with van der Waals surface area (Å²) in [6.45, 7) is 0.413. The topological polar surface area (TPSA) is 81.4 Å². The molecule has 1 amide bonds. The van der Waals surface area contributed by atoms with Gasteiger partial charge in [0.25, 0.3) is 0 Å². The van der Waals surface area contributed by atoms with Crippen LogP contribution < -0.4 is 10.1 Å². The fraction of sp³-hybridized carbons (Fsp3) is 0.200. The van der Waals surface area contributed by atoms with Gasteiger partial charge < -0.3 is 10.1 Å². The molecule has 0 radical (unpaired) electrons. The highest BCUT2D eigenvalue weighted by Gasteiger charge is 2.26. The Labute approximate surface area is 175 Å². The Balaban J connectivity index is 1.22.